The van der Waals surface area contributed by atoms with Crippen molar-refractivity contribution in [2.45, 2.75) is 40.5 Å². The first-order chi connectivity index (χ1) is 7.13. The van der Waals surface area contributed by atoms with Gasteiger partial charge in [-0.2, -0.15) is 0 Å². The molecule has 1 fully saturated rings. The van der Waals surface area contributed by atoms with Crippen LogP contribution in [0.3, 0.4) is 0 Å². The van der Waals surface area contributed by atoms with Crippen molar-refractivity contribution in [3.63, 3.8) is 0 Å². The highest BCUT2D eigenvalue weighted by Gasteiger charge is 2.39. The second-order valence-electron chi connectivity index (χ2n) is 4.31. The molecule has 1 amide bonds. The van der Waals surface area contributed by atoms with Gasteiger partial charge in [0.25, 0.3) is 0 Å². The minimum Gasteiger partial charge on any atom is -0.300 e. The number of amidine groups is 1. The van der Waals surface area contributed by atoms with Gasteiger partial charge in [-0.3, -0.25) is 9.79 Å². The molecule has 86 valence electrons. The summed E-state index contributed by atoms with van der Waals surface area (Å²) < 4.78 is 0. The Morgan fingerprint density at radius 2 is 1.87 bits per heavy atom. The molecule has 0 saturated carbocycles. The van der Waals surface area contributed by atoms with E-state index in [2.05, 4.69) is 25.8 Å². The molecule has 15 heavy (non-hydrogen) atoms. The number of carbonyl (C=O) groups is 1. The molecule has 1 heterocycles. The number of hydrogen-bond acceptors (Lipinski definition) is 2. The van der Waals surface area contributed by atoms with Gasteiger partial charge in [0.1, 0.15) is 5.84 Å². The van der Waals surface area contributed by atoms with Crippen LogP contribution in [0.4, 0.5) is 0 Å². The molecule has 3 heteroatoms. The average molecular weight is 210 g/mol. The van der Waals surface area contributed by atoms with Crippen LogP contribution < -0.4 is 0 Å². The smallest absolute Gasteiger partial charge is 0.231 e. The van der Waals surface area contributed by atoms with Crippen molar-refractivity contribution >= 4 is 11.7 Å². The van der Waals surface area contributed by atoms with Gasteiger partial charge in [-0.1, -0.05) is 27.7 Å². The van der Waals surface area contributed by atoms with Gasteiger partial charge in [0, 0.05) is 24.9 Å². The van der Waals surface area contributed by atoms with Crippen molar-refractivity contribution in [3.8, 4) is 0 Å². The lowest BCUT2D eigenvalue weighted by Crippen LogP contribution is -2.32. The summed E-state index contributed by atoms with van der Waals surface area (Å²) in [6.07, 6.45) is 2.04. The third-order valence-corrected chi connectivity index (χ3v) is 3.03. The summed E-state index contributed by atoms with van der Waals surface area (Å²) in [6, 6.07) is 0. The molecule has 0 radical (unpaired) electrons. The summed E-state index contributed by atoms with van der Waals surface area (Å²) >= 11 is 0. The summed E-state index contributed by atoms with van der Waals surface area (Å²) in [6.45, 7) is 9.96. The lowest BCUT2D eigenvalue weighted by Gasteiger charge is -2.17. The van der Waals surface area contributed by atoms with Gasteiger partial charge in [-0.15, -0.1) is 0 Å². The lowest BCUT2D eigenvalue weighted by atomic mass is 9.99. The molecule has 2 atom stereocenters. The van der Waals surface area contributed by atoms with Crippen LogP contribution in [0.2, 0.25) is 0 Å². The van der Waals surface area contributed by atoms with Crippen LogP contribution >= 0.6 is 0 Å². The zero-order chi connectivity index (χ0) is 11.4. The maximum atomic E-state index is 11.9. The van der Waals surface area contributed by atoms with E-state index in [9.17, 15) is 4.79 Å². The highest BCUT2D eigenvalue weighted by Crippen LogP contribution is 2.26. The third kappa shape index (κ3) is 2.39. The van der Waals surface area contributed by atoms with Crippen LogP contribution in [0.1, 0.15) is 40.5 Å². The standard InChI is InChI=1S/C12H22N2O/c1-5-7-13-11-9(3)10(4)12(15)14(11)8-6-2/h9-10H,5-8H2,1-4H3/t9-,10-/m0/s1. The van der Waals surface area contributed by atoms with Gasteiger partial charge in [0.15, 0.2) is 0 Å². The molecule has 0 aromatic rings. The molecule has 0 bridgehead atoms. The van der Waals surface area contributed by atoms with E-state index in [0.717, 1.165) is 31.8 Å². The SMILES string of the molecule is CCCN=C1[C@@H](C)[C@H](C)C(=O)N1CCC. The number of carbonyl (C=O) groups excluding carboxylic acids is 1. The summed E-state index contributed by atoms with van der Waals surface area (Å²) in [5.41, 5.74) is 0. The maximum absolute atomic E-state index is 11.9. The Balaban J connectivity index is 2.85. The Morgan fingerprint density at radius 3 is 2.40 bits per heavy atom. The molecule has 1 aliphatic rings. The van der Waals surface area contributed by atoms with E-state index < -0.39 is 0 Å². The van der Waals surface area contributed by atoms with Gasteiger partial charge in [0.2, 0.25) is 5.91 Å². The third-order valence-electron chi connectivity index (χ3n) is 3.03. The minimum absolute atomic E-state index is 0.104. The first-order valence-corrected chi connectivity index (χ1v) is 5.99. The molecule has 0 aromatic heterocycles. The van der Waals surface area contributed by atoms with Crippen LogP contribution in [0, 0.1) is 11.8 Å². The zero-order valence-electron chi connectivity index (χ0n) is 10.3. The number of likely N-dealkylation sites (tertiary alicyclic amines) is 1. The fourth-order valence-corrected chi connectivity index (χ4v) is 1.95. The molecule has 0 N–H and O–H groups in total. The molecule has 1 rings (SSSR count). The van der Waals surface area contributed by atoms with Crippen molar-refractivity contribution in [2.75, 3.05) is 13.1 Å². The summed E-state index contributed by atoms with van der Waals surface area (Å²) in [7, 11) is 0. The van der Waals surface area contributed by atoms with Gasteiger partial charge in [-0.25, -0.2) is 0 Å². The predicted molar refractivity (Wildman–Crippen MR) is 62.9 cm³/mol. The fourth-order valence-electron chi connectivity index (χ4n) is 1.95. The van der Waals surface area contributed by atoms with E-state index in [0.29, 0.717) is 0 Å². The Kier molecular flexibility index (Phi) is 4.30. The topological polar surface area (TPSA) is 32.7 Å². The van der Waals surface area contributed by atoms with Crippen molar-refractivity contribution in [2.24, 2.45) is 16.8 Å². The lowest BCUT2D eigenvalue weighted by molar-refractivity contribution is -0.129. The van der Waals surface area contributed by atoms with E-state index >= 15 is 0 Å². The number of rotatable bonds is 4. The number of nitrogens with zero attached hydrogens (tertiary/aromatic N) is 2. The number of aliphatic imine (C=N–C) groups is 1. The van der Waals surface area contributed by atoms with E-state index in [1.54, 1.807) is 0 Å². The van der Waals surface area contributed by atoms with E-state index in [-0.39, 0.29) is 17.7 Å². The molecule has 0 aliphatic carbocycles. The van der Waals surface area contributed by atoms with Gasteiger partial charge in [-0.05, 0) is 12.8 Å². The van der Waals surface area contributed by atoms with Gasteiger partial charge < -0.3 is 4.90 Å². The van der Waals surface area contributed by atoms with Crippen LogP contribution in [0.5, 0.6) is 0 Å². The summed E-state index contributed by atoms with van der Waals surface area (Å²) in [4.78, 5) is 18.3. The molecule has 3 nitrogen and oxygen atoms in total. The first kappa shape index (κ1) is 12.2. The Morgan fingerprint density at radius 1 is 1.20 bits per heavy atom. The molecular formula is C12H22N2O. The molecular weight excluding hydrogens is 188 g/mol. The second kappa shape index (κ2) is 5.29. The minimum atomic E-state index is 0.104. The Labute approximate surface area is 92.6 Å². The maximum Gasteiger partial charge on any atom is 0.231 e. The molecule has 1 aliphatic heterocycles. The highest BCUT2D eigenvalue weighted by atomic mass is 16.2. The molecule has 0 spiro atoms. The monoisotopic (exact) mass is 210 g/mol. The average Bonchev–Trinajstić information content (AvgIpc) is 2.42. The summed E-state index contributed by atoms with van der Waals surface area (Å²) in [5.74, 6) is 1.65. The molecule has 0 unspecified atom stereocenters. The summed E-state index contributed by atoms with van der Waals surface area (Å²) in [5, 5.41) is 0. The van der Waals surface area contributed by atoms with E-state index in [1.807, 2.05) is 11.8 Å². The Hall–Kier alpha value is -0.860. The Bertz CT molecular complexity index is 260. The quantitative estimate of drug-likeness (QED) is 0.701. The zero-order valence-corrected chi connectivity index (χ0v) is 10.3. The second-order valence-corrected chi connectivity index (χ2v) is 4.31. The predicted octanol–water partition coefficient (Wildman–Crippen LogP) is 2.32. The molecule has 1 saturated heterocycles. The number of hydrogen-bond donors (Lipinski definition) is 0. The number of amides is 1. The van der Waals surface area contributed by atoms with E-state index in [1.165, 1.54) is 0 Å². The fraction of sp³-hybridized carbons (Fsp3) is 0.833. The van der Waals surface area contributed by atoms with Crippen LogP contribution in [0.15, 0.2) is 4.99 Å². The van der Waals surface area contributed by atoms with Crippen molar-refractivity contribution in [3.05, 3.63) is 0 Å². The largest absolute Gasteiger partial charge is 0.300 e. The first-order valence-electron chi connectivity index (χ1n) is 5.99. The van der Waals surface area contributed by atoms with Gasteiger partial charge >= 0.3 is 0 Å². The molecule has 0 aromatic carbocycles. The van der Waals surface area contributed by atoms with Gasteiger partial charge in [0.05, 0.1) is 0 Å². The van der Waals surface area contributed by atoms with Crippen molar-refractivity contribution in [1.29, 1.82) is 0 Å². The van der Waals surface area contributed by atoms with E-state index in [4.69, 9.17) is 0 Å². The van der Waals surface area contributed by atoms with Crippen LogP contribution in [-0.2, 0) is 4.79 Å². The van der Waals surface area contributed by atoms with Crippen molar-refractivity contribution in [1.82, 2.24) is 4.90 Å². The van der Waals surface area contributed by atoms with Crippen LogP contribution in [-0.4, -0.2) is 29.7 Å². The van der Waals surface area contributed by atoms with Crippen molar-refractivity contribution < 1.29 is 4.79 Å². The van der Waals surface area contributed by atoms with Crippen LogP contribution in [0.25, 0.3) is 0 Å². The highest BCUT2D eigenvalue weighted by molar-refractivity contribution is 6.07. The normalized spacial score (nSPS) is 29.2.